The lowest BCUT2D eigenvalue weighted by molar-refractivity contribution is 0.181. The minimum atomic E-state index is -0.746. The van der Waals surface area contributed by atoms with Crippen molar-refractivity contribution in [2.24, 2.45) is 4.99 Å². The summed E-state index contributed by atoms with van der Waals surface area (Å²) in [5.74, 6) is -0.892. The van der Waals surface area contributed by atoms with Gasteiger partial charge in [0.05, 0.1) is 11.3 Å². The summed E-state index contributed by atoms with van der Waals surface area (Å²) in [7, 11) is 1.59. The highest BCUT2D eigenvalue weighted by atomic mass is 32.1. The number of hydrogen-bond donors (Lipinski definition) is 4. The number of hydrogen-bond acceptors (Lipinski definition) is 10. The minimum Gasteiger partial charge on any atom is -0.398 e. The van der Waals surface area contributed by atoms with Crippen LogP contribution in [-0.2, 0) is 6.42 Å². The molecule has 0 spiro atoms. The molecule has 7 rings (SSSR count). The molecule has 51 heavy (non-hydrogen) atoms. The second-order valence-electron chi connectivity index (χ2n) is 14.2. The Hall–Kier alpha value is -3.76. The third-order valence-corrected chi connectivity index (χ3v) is 12.0. The standard InChI is InChI=1S/C29H29F2N7S.C10H22N2/c1-15-21-17(14-35-2)26(33)24(23-18(30)5-6-19-22(23)16(13-32)28(34)39-19)25(31)27(21)37-20(36-15)7-10-29-8-3-11-38(29)12-4-9-29;1-2-3-4-7-11-9-10-6-5-8-12-10/h5-6,14H,3-4,7-12,33-34H2,1-2H3;10-12H,2-9H2,1H3. The fourth-order valence-electron chi connectivity index (χ4n) is 8.46. The Morgan fingerprint density at radius 3 is 2.61 bits per heavy atom. The molecule has 0 aliphatic carbocycles. The normalized spacial score (nSPS) is 18.5. The lowest BCUT2D eigenvalue weighted by atomic mass is 9.88. The van der Waals surface area contributed by atoms with Crippen LogP contribution >= 0.6 is 11.3 Å². The Kier molecular flexibility index (Phi) is 11.8. The van der Waals surface area contributed by atoms with Crippen LogP contribution in [0.4, 0.5) is 19.5 Å². The number of aliphatic imine (C=N–C) groups is 1. The molecule has 5 heterocycles. The van der Waals surface area contributed by atoms with Crippen molar-refractivity contribution in [1.29, 1.82) is 5.26 Å². The zero-order valence-electron chi connectivity index (χ0n) is 30.2. The zero-order valence-corrected chi connectivity index (χ0v) is 31.0. The molecule has 1 unspecified atom stereocenters. The first-order valence-electron chi connectivity index (χ1n) is 18.5. The molecule has 3 fully saturated rings. The van der Waals surface area contributed by atoms with Crippen LogP contribution in [-0.4, -0.2) is 72.4 Å². The molecule has 0 bridgehead atoms. The number of nitriles is 1. The SMILES string of the molecule is CCCCCNCC1CCCN1.CN=Cc1c(N)c(-c2c(F)ccc3sc(N)c(C#N)c23)c(F)c2nc(CCC34CCCN3CCC4)nc(C)c12. The summed E-state index contributed by atoms with van der Waals surface area (Å²) in [5.41, 5.74) is 13.8. The number of nitrogens with zero attached hydrogens (tertiary/aromatic N) is 5. The molecule has 0 saturated carbocycles. The van der Waals surface area contributed by atoms with E-state index in [9.17, 15) is 5.26 Å². The third kappa shape index (κ3) is 7.45. The van der Waals surface area contributed by atoms with E-state index in [1.54, 1.807) is 13.1 Å². The van der Waals surface area contributed by atoms with Gasteiger partial charge in [0.15, 0.2) is 5.82 Å². The van der Waals surface area contributed by atoms with Crippen LogP contribution in [0.2, 0.25) is 0 Å². The Bertz CT molecular complexity index is 1930. The minimum absolute atomic E-state index is 0.0107. The largest absolute Gasteiger partial charge is 0.398 e. The Morgan fingerprint density at radius 1 is 1.14 bits per heavy atom. The summed E-state index contributed by atoms with van der Waals surface area (Å²) in [5, 5.41) is 17.7. The van der Waals surface area contributed by atoms with E-state index in [0.717, 1.165) is 36.9 Å². The average Bonchev–Trinajstić information content (AvgIpc) is 3.91. The van der Waals surface area contributed by atoms with Gasteiger partial charge in [-0.3, -0.25) is 9.89 Å². The van der Waals surface area contributed by atoms with E-state index in [2.05, 4.69) is 33.5 Å². The molecule has 2 aromatic carbocycles. The summed E-state index contributed by atoms with van der Waals surface area (Å²) in [6.45, 7) is 9.91. The monoisotopic (exact) mass is 715 g/mol. The highest BCUT2D eigenvalue weighted by molar-refractivity contribution is 7.23. The summed E-state index contributed by atoms with van der Waals surface area (Å²) < 4.78 is 32.7. The molecule has 12 heteroatoms. The summed E-state index contributed by atoms with van der Waals surface area (Å²) in [6, 6.07) is 5.59. The van der Waals surface area contributed by atoms with Crippen molar-refractivity contribution in [2.75, 3.05) is 51.2 Å². The van der Waals surface area contributed by atoms with Gasteiger partial charge in [-0.05, 0) is 96.6 Å². The maximum Gasteiger partial charge on any atom is 0.159 e. The molecule has 1 atom stereocenters. The van der Waals surface area contributed by atoms with Crippen molar-refractivity contribution < 1.29 is 8.78 Å². The number of nitrogens with one attached hydrogen (secondary N) is 2. The number of aromatic nitrogens is 2. The molecule has 9 nitrogen and oxygen atoms in total. The highest BCUT2D eigenvalue weighted by Crippen LogP contribution is 2.46. The van der Waals surface area contributed by atoms with Crippen molar-refractivity contribution in [3.63, 3.8) is 0 Å². The molecule has 3 aliphatic heterocycles. The van der Waals surface area contributed by atoms with Crippen LogP contribution in [0.25, 0.3) is 32.1 Å². The Labute approximate surface area is 303 Å². The molecule has 3 saturated heterocycles. The highest BCUT2D eigenvalue weighted by Gasteiger charge is 2.43. The van der Waals surface area contributed by atoms with Gasteiger partial charge in [-0.1, -0.05) is 19.8 Å². The van der Waals surface area contributed by atoms with E-state index >= 15 is 8.78 Å². The summed E-state index contributed by atoms with van der Waals surface area (Å²) in [6.07, 6.45) is 14.5. The lowest BCUT2D eigenvalue weighted by Gasteiger charge is -2.32. The van der Waals surface area contributed by atoms with Crippen molar-refractivity contribution in [2.45, 2.75) is 96.1 Å². The number of nitrogens with two attached hydrogens (primary N) is 2. The first-order valence-corrected chi connectivity index (χ1v) is 19.3. The number of nitrogen functional groups attached to an aromatic ring is 2. The maximum absolute atomic E-state index is 16.6. The van der Waals surface area contributed by atoms with Gasteiger partial charge in [-0.15, -0.1) is 11.3 Å². The second kappa shape index (κ2) is 16.3. The van der Waals surface area contributed by atoms with Gasteiger partial charge in [0, 0.05) is 75.7 Å². The number of halogens is 2. The quantitative estimate of drug-likeness (QED) is 0.0723. The first-order chi connectivity index (χ1) is 24.7. The van der Waals surface area contributed by atoms with Gasteiger partial charge in [0.25, 0.3) is 0 Å². The topological polar surface area (TPSA) is 141 Å². The number of thiophene rings is 1. The fraction of sp³-hybridized carbons (Fsp3) is 0.538. The van der Waals surface area contributed by atoms with E-state index in [1.807, 2.05) is 6.92 Å². The molecular weight excluding hydrogens is 665 g/mol. The van der Waals surface area contributed by atoms with Crippen LogP contribution in [0.15, 0.2) is 17.1 Å². The Balaban J connectivity index is 0.000000318. The van der Waals surface area contributed by atoms with E-state index in [0.29, 0.717) is 33.6 Å². The first kappa shape index (κ1) is 37.0. The van der Waals surface area contributed by atoms with Crippen LogP contribution in [0, 0.1) is 29.9 Å². The number of fused-ring (bicyclic) bond motifs is 3. The van der Waals surface area contributed by atoms with Crippen molar-refractivity contribution in [3.8, 4) is 17.2 Å². The number of anilines is 2. The molecule has 0 amide bonds. The van der Waals surface area contributed by atoms with Crippen molar-refractivity contribution in [1.82, 2.24) is 25.5 Å². The molecule has 0 radical (unpaired) electrons. The molecule has 6 N–H and O–H groups in total. The Morgan fingerprint density at radius 2 is 1.92 bits per heavy atom. The van der Waals surface area contributed by atoms with Crippen molar-refractivity contribution >= 4 is 49.2 Å². The average molecular weight is 716 g/mol. The molecule has 3 aliphatic rings. The second-order valence-corrected chi connectivity index (χ2v) is 15.3. The fourth-order valence-corrected chi connectivity index (χ4v) is 9.39. The lowest BCUT2D eigenvalue weighted by Crippen LogP contribution is -2.38. The van der Waals surface area contributed by atoms with Gasteiger partial charge in [-0.2, -0.15) is 5.26 Å². The van der Waals surface area contributed by atoms with E-state index in [1.165, 1.54) is 89.7 Å². The van der Waals surface area contributed by atoms with E-state index in [-0.39, 0.29) is 43.8 Å². The number of benzene rings is 2. The molecular formula is C39H51F2N9S. The molecule has 4 aromatic rings. The predicted molar refractivity (Wildman–Crippen MR) is 207 cm³/mol. The van der Waals surface area contributed by atoms with Gasteiger partial charge in [-0.25, -0.2) is 18.7 Å². The van der Waals surface area contributed by atoms with Gasteiger partial charge in [0.2, 0.25) is 0 Å². The zero-order chi connectivity index (χ0) is 36.1. The number of unbranched alkanes of at least 4 members (excludes halogenated alkanes) is 2. The third-order valence-electron chi connectivity index (χ3n) is 11.0. The number of rotatable bonds is 11. The molecule has 2 aromatic heterocycles. The molecule has 272 valence electrons. The van der Waals surface area contributed by atoms with E-state index < -0.39 is 11.6 Å². The van der Waals surface area contributed by atoms with Crippen LogP contribution < -0.4 is 22.1 Å². The van der Waals surface area contributed by atoms with Gasteiger partial charge >= 0.3 is 0 Å². The number of aryl methyl sites for hydroxylation is 2. The van der Waals surface area contributed by atoms with Crippen LogP contribution in [0.3, 0.4) is 0 Å². The van der Waals surface area contributed by atoms with Gasteiger partial charge < -0.3 is 22.1 Å². The predicted octanol–water partition coefficient (Wildman–Crippen LogP) is 7.26. The van der Waals surface area contributed by atoms with Crippen LogP contribution in [0.5, 0.6) is 0 Å². The summed E-state index contributed by atoms with van der Waals surface area (Å²) in [4.78, 5) is 16.2. The summed E-state index contributed by atoms with van der Waals surface area (Å²) >= 11 is 1.15. The maximum atomic E-state index is 16.6. The smallest absolute Gasteiger partial charge is 0.159 e. The van der Waals surface area contributed by atoms with Crippen LogP contribution in [0.1, 0.15) is 93.8 Å². The van der Waals surface area contributed by atoms with E-state index in [4.69, 9.17) is 21.4 Å². The van der Waals surface area contributed by atoms with Gasteiger partial charge in [0.1, 0.15) is 28.2 Å². The van der Waals surface area contributed by atoms with Crippen molar-refractivity contribution in [3.05, 3.63) is 46.4 Å².